The third-order valence-corrected chi connectivity index (χ3v) is 7.18. The number of para-hydroxylation sites is 1. The van der Waals surface area contributed by atoms with Gasteiger partial charge in [0, 0.05) is 26.2 Å². The first-order valence-electron chi connectivity index (χ1n) is 12.7. The first-order valence-corrected chi connectivity index (χ1v) is 12.7. The van der Waals surface area contributed by atoms with Crippen LogP contribution in [0, 0.1) is 13.8 Å². The van der Waals surface area contributed by atoms with Crippen LogP contribution in [0.2, 0.25) is 0 Å². The number of nitrogens with zero attached hydrogens (tertiary/aromatic N) is 4. The number of hydrogen-bond donors (Lipinski definition) is 1. The highest BCUT2D eigenvalue weighted by molar-refractivity contribution is 6.46. The summed E-state index contributed by atoms with van der Waals surface area (Å²) in [6.07, 6.45) is 2.27. The maximum Gasteiger partial charge on any atom is 0.295 e. The van der Waals surface area contributed by atoms with Crippen LogP contribution in [-0.4, -0.2) is 75.8 Å². The molecule has 2 aromatic carbocycles. The number of ether oxygens (including phenoxy) is 1. The molecule has 1 aromatic heterocycles. The van der Waals surface area contributed by atoms with Gasteiger partial charge in [-0.2, -0.15) is 5.10 Å². The average Bonchev–Trinajstić information content (AvgIpc) is 3.42. The van der Waals surface area contributed by atoms with Gasteiger partial charge < -0.3 is 14.7 Å². The first kappa shape index (κ1) is 24.9. The molecule has 0 radical (unpaired) electrons. The van der Waals surface area contributed by atoms with E-state index in [1.165, 1.54) is 0 Å². The topological polar surface area (TPSA) is 87.9 Å². The van der Waals surface area contributed by atoms with E-state index in [2.05, 4.69) is 10.00 Å². The minimum atomic E-state index is -0.665. The second kappa shape index (κ2) is 10.7. The van der Waals surface area contributed by atoms with E-state index in [0.29, 0.717) is 31.0 Å². The van der Waals surface area contributed by atoms with Crippen molar-refractivity contribution in [2.24, 2.45) is 0 Å². The molecule has 192 valence electrons. The molecule has 2 fully saturated rings. The summed E-state index contributed by atoms with van der Waals surface area (Å²) in [6.45, 7) is 8.22. The van der Waals surface area contributed by atoms with Crippen molar-refractivity contribution < 1.29 is 19.4 Å². The molecule has 1 atom stereocenters. The molecule has 2 aliphatic rings. The fourth-order valence-electron chi connectivity index (χ4n) is 5.11. The highest BCUT2D eigenvalue weighted by atomic mass is 16.5. The summed E-state index contributed by atoms with van der Waals surface area (Å²) in [5.74, 6) is -1.44. The summed E-state index contributed by atoms with van der Waals surface area (Å²) >= 11 is 0. The maximum atomic E-state index is 13.4. The number of aliphatic hydroxyl groups excluding tert-OH is 1. The number of ketones is 1. The molecule has 2 saturated heterocycles. The summed E-state index contributed by atoms with van der Waals surface area (Å²) in [7, 11) is 0. The van der Waals surface area contributed by atoms with Crippen LogP contribution in [0.25, 0.3) is 11.4 Å². The molecule has 1 unspecified atom stereocenters. The number of Topliss-reactive ketones (excluding diaryl/α,β-unsaturated/α-hetero) is 1. The van der Waals surface area contributed by atoms with Gasteiger partial charge in [-0.05, 0) is 38.0 Å². The number of carbonyl (C=O) groups is 2. The van der Waals surface area contributed by atoms with Gasteiger partial charge in [-0.3, -0.25) is 14.5 Å². The van der Waals surface area contributed by atoms with Crippen LogP contribution in [0.15, 0.2) is 66.4 Å². The predicted molar refractivity (Wildman–Crippen MR) is 140 cm³/mol. The van der Waals surface area contributed by atoms with E-state index in [1.807, 2.05) is 68.4 Å². The van der Waals surface area contributed by atoms with Gasteiger partial charge in [0.25, 0.3) is 11.7 Å². The van der Waals surface area contributed by atoms with E-state index in [4.69, 9.17) is 4.74 Å². The fourth-order valence-corrected chi connectivity index (χ4v) is 5.11. The van der Waals surface area contributed by atoms with Gasteiger partial charge in [-0.1, -0.05) is 48.0 Å². The Morgan fingerprint density at radius 3 is 2.41 bits per heavy atom. The van der Waals surface area contributed by atoms with Crippen molar-refractivity contribution in [3.05, 3.63) is 88.8 Å². The largest absolute Gasteiger partial charge is 0.507 e. The lowest BCUT2D eigenvalue weighted by atomic mass is 9.95. The van der Waals surface area contributed by atoms with E-state index in [9.17, 15) is 14.7 Å². The number of aryl methyl sites for hydroxylation is 1. The van der Waals surface area contributed by atoms with Crippen LogP contribution in [0.3, 0.4) is 0 Å². The van der Waals surface area contributed by atoms with Gasteiger partial charge in [0.1, 0.15) is 5.76 Å². The van der Waals surface area contributed by atoms with Gasteiger partial charge in [-0.15, -0.1) is 0 Å². The van der Waals surface area contributed by atoms with Gasteiger partial charge in [0.15, 0.2) is 0 Å². The quantitative estimate of drug-likeness (QED) is 0.303. The van der Waals surface area contributed by atoms with Crippen LogP contribution in [0.5, 0.6) is 0 Å². The molecule has 0 spiro atoms. The summed E-state index contributed by atoms with van der Waals surface area (Å²) in [5.41, 5.74) is 3.95. The minimum absolute atomic E-state index is 0.107. The number of benzene rings is 2. The molecule has 0 saturated carbocycles. The monoisotopic (exact) mass is 500 g/mol. The zero-order valence-corrected chi connectivity index (χ0v) is 21.3. The molecule has 3 heterocycles. The highest BCUT2D eigenvalue weighted by Gasteiger charge is 2.46. The Morgan fingerprint density at radius 1 is 1.00 bits per heavy atom. The maximum absolute atomic E-state index is 13.4. The van der Waals surface area contributed by atoms with Gasteiger partial charge in [-0.25, -0.2) is 4.68 Å². The van der Waals surface area contributed by atoms with Gasteiger partial charge in [0.2, 0.25) is 0 Å². The summed E-state index contributed by atoms with van der Waals surface area (Å²) in [4.78, 5) is 30.6. The van der Waals surface area contributed by atoms with E-state index in [0.717, 1.165) is 42.9 Å². The lowest BCUT2D eigenvalue weighted by Crippen LogP contribution is -2.38. The fraction of sp³-hybridized carbons (Fsp3) is 0.345. The molecular formula is C29H32N4O4. The molecule has 8 nitrogen and oxygen atoms in total. The van der Waals surface area contributed by atoms with Gasteiger partial charge >= 0.3 is 0 Å². The SMILES string of the molecule is Cc1ccc(C2/C(=C(\O)c3cnn(-c4ccccc4)c3C)C(=O)C(=O)N2CCCN2CCOCC2)cc1. The molecule has 5 rings (SSSR count). The van der Waals surface area contributed by atoms with Crippen molar-refractivity contribution in [1.82, 2.24) is 19.6 Å². The standard InChI is InChI=1S/C29H32N4O4/c1-20-9-11-22(12-10-20)26-25(27(34)24-19-30-33(21(24)2)23-7-4-3-5-8-23)28(35)29(36)32(26)14-6-13-31-15-17-37-18-16-31/h3-5,7-12,19,26,34H,6,13-18H2,1-2H3/b27-25+. The van der Waals surface area contributed by atoms with Crippen molar-refractivity contribution >= 4 is 17.4 Å². The summed E-state index contributed by atoms with van der Waals surface area (Å²) in [6, 6.07) is 16.7. The molecule has 1 N–H and O–H groups in total. The smallest absolute Gasteiger partial charge is 0.295 e. The van der Waals surface area contributed by atoms with Crippen LogP contribution >= 0.6 is 0 Å². The molecule has 8 heteroatoms. The minimum Gasteiger partial charge on any atom is -0.507 e. The molecule has 37 heavy (non-hydrogen) atoms. The second-order valence-corrected chi connectivity index (χ2v) is 9.60. The number of amides is 1. The predicted octanol–water partition coefficient (Wildman–Crippen LogP) is 3.63. The second-order valence-electron chi connectivity index (χ2n) is 9.60. The van der Waals surface area contributed by atoms with Crippen molar-refractivity contribution in [3.63, 3.8) is 0 Å². The van der Waals surface area contributed by atoms with Crippen molar-refractivity contribution in [3.8, 4) is 5.69 Å². The molecule has 2 aliphatic heterocycles. The summed E-state index contributed by atoms with van der Waals surface area (Å²) in [5, 5.41) is 15.9. The lowest BCUT2D eigenvalue weighted by molar-refractivity contribution is -0.140. The Bertz CT molecular complexity index is 1310. The van der Waals surface area contributed by atoms with Crippen molar-refractivity contribution in [1.29, 1.82) is 0 Å². The third kappa shape index (κ3) is 4.95. The molecule has 3 aromatic rings. The van der Waals surface area contributed by atoms with Gasteiger partial charge in [0.05, 0.1) is 48.0 Å². The number of carbonyl (C=O) groups excluding carboxylic acids is 2. The molecule has 0 bridgehead atoms. The molecule has 0 aliphatic carbocycles. The Balaban J connectivity index is 1.50. The van der Waals surface area contributed by atoms with E-state index in [-0.39, 0.29) is 11.3 Å². The molecule has 1 amide bonds. The van der Waals surface area contributed by atoms with E-state index in [1.54, 1.807) is 15.8 Å². The zero-order valence-electron chi connectivity index (χ0n) is 21.3. The highest BCUT2D eigenvalue weighted by Crippen LogP contribution is 2.40. The lowest BCUT2D eigenvalue weighted by Gasteiger charge is -2.29. The number of hydrogen-bond acceptors (Lipinski definition) is 6. The van der Waals surface area contributed by atoms with Crippen molar-refractivity contribution in [2.45, 2.75) is 26.3 Å². The normalized spacial score (nSPS) is 20.1. The first-order chi connectivity index (χ1) is 18.0. The number of aromatic nitrogens is 2. The van der Waals surface area contributed by atoms with Crippen LogP contribution in [0.4, 0.5) is 0 Å². The Kier molecular flexibility index (Phi) is 7.21. The van der Waals surface area contributed by atoms with Crippen LogP contribution in [-0.2, 0) is 14.3 Å². The zero-order chi connectivity index (χ0) is 25.9. The molecular weight excluding hydrogens is 468 g/mol. The number of morpholine rings is 1. The Labute approximate surface area is 216 Å². The van der Waals surface area contributed by atoms with E-state index < -0.39 is 17.7 Å². The number of aliphatic hydroxyl groups is 1. The van der Waals surface area contributed by atoms with Crippen LogP contribution < -0.4 is 0 Å². The van der Waals surface area contributed by atoms with Crippen molar-refractivity contribution in [2.75, 3.05) is 39.4 Å². The van der Waals surface area contributed by atoms with Crippen LogP contribution in [0.1, 0.15) is 34.8 Å². The summed E-state index contributed by atoms with van der Waals surface area (Å²) < 4.78 is 7.14. The number of rotatable bonds is 7. The Hall–Kier alpha value is -3.75. The van der Waals surface area contributed by atoms with E-state index >= 15 is 0 Å². The Morgan fingerprint density at radius 2 is 1.70 bits per heavy atom. The third-order valence-electron chi connectivity index (χ3n) is 7.18. The average molecular weight is 501 g/mol. The number of likely N-dealkylation sites (tertiary alicyclic amines) is 1.